The van der Waals surface area contributed by atoms with E-state index in [1.165, 1.54) is 24.0 Å². The van der Waals surface area contributed by atoms with Crippen molar-refractivity contribution in [2.75, 3.05) is 20.3 Å². The molecular formula is C30H37N3O2. The zero-order chi connectivity index (χ0) is 24.0. The second kappa shape index (κ2) is 11.3. The summed E-state index contributed by atoms with van der Waals surface area (Å²) in [6.07, 6.45) is 4.32. The van der Waals surface area contributed by atoms with E-state index in [1.54, 1.807) is 7.11 Å². The molecule has 1 unspecified atom stereocenters. The third-order valence-corrected chi connectivity index (χ3v) is 7.80. The number of nitrogens with zero attached hydrogens (tertiary/aromatic N) is 3. The van der Waals surface area contributed by atoms with E-state index in [0.717, 1.165) is 38.2 Å². The van der Waals surface area contributed by atoms with E-state index in [9.17, 15) is 5.11 Å². The molecule has 0 radical (unpaired) electrons. The number of rotatable bonds is 8. The number of methoxy groups -OCH3 is 1. The van der Waals surface area contributed by atoms with Crippen molar-refractivity contribution >= 4 is 0 Å². The summed E-state index contributed by atoms with van der Waals surface area (Å²) >= 11 is 0. The Kier molecular flexibility index (Phi) is 7.77. The third-order valence-electron chi connectivity index (χ3n) is 7.80. The number of ether oxygens (including phenoxy) is 1. The fraction of sp³-hybridized carbons (Fsp3) is 0.433. The summed E-state index contributed by atoms with van der Waals surface area (Å²) in [5, 5.41) is 10.3. The molecule has 0 aliphatic carbocycles. The summed E-state index contributed by atoms with van der Waals surface area (Å²) in [7, 11) is 1.67. The van der Waals surface area contributed by atoms with E-state index < -0.39 is 0 Å². The van der Waals surface area contributed by atoms with E-state index in [2.05, 4.69) is 76.5 Å². The van der Waals surface area contributed by atoms with Gasteiger partial charge >= 0.3 is 0 Å². The van der Waals surface area contributed by atoms with Crippen LogP contribution in [0.5, 0.6) is 5.88 Å². The molecule has 0 saturated carbocycles. The maximum Gasteiger partial charge on any atom is 0.213 e. The highest BCUT2D eigenvalue weighted by Gasteiger charge is 2.44. The molecule has 5 heteroatoms. The monoisotopic (exact) mass is 471 g/mol. The van der Waals surface area contributed by atoms with Gasteiger partial charge in [-0.2, -0.15) is 0 Å². The Morgan fingerprint density at radius 1 is 0.914 bits per heavy atom. The number of fused-ring (bicyclic) bond motifs is 1. The smallest absolute Gasteiger partial charge is 0.213 e. The van der Waals surface area contributed by atoms with Crippen molar-refractivity contribution in [1.82, 2.24) is 14.8 Å². The van der Waals surface area contributed by atoms with Crippen LogP contribution in [0.15, 0.2) is 78.9 Å². The molecule has 2 aliphatic rings. The van der Waals surface area contributed by atoms with Crippen LogP contribution in [0.3, 0.4) is 0 Å². The van der Waals surface area contributed by atoms with Crippen molar-refractivity contribution in [2.24, 2.45) is 5.92 Å². The molecule has 3 heterocycles. The van der Waals surface area contributed by atoms with Crippen molar-refractivity contribution in [3.63, 3.8) is 0 Å². The zero-order valence-electron chi connectivity index (χ0n) is 20.7. The van der Waals surface area contributed by atoms with Crippen LogP contribution in [0.2, 0.25) is 0 Å². The molecule has 1 N–H and O–H groups in total. The molecule has 4 atom stereocenters. The van der Waals surface area contributed by atoms with Gasteiger partial charge in [0.1, 0.15) is 0 Å². The third kappa shape index (κ3) is 5.58. The van der Waals surface area contributed by atoms with Crippen molar-refractivity contribution in [1.29, 1.82) is 0 Å². The first kappa shape index (κ1) is 24.0. The predicted octanol–water partition coefficient (Wildman–Crippen LogP) is 5.07. The van der Waals surface area contributed by atoms with Gasteiger partial charge in [-0.1, -0.05) is 66.7 Å². The van der Waals surface area contributed by atoms with Crippen LogP contribution in [0.4, 0.5) is 0 Å². The molecule has 5 rings (SSSR count). The van der Waals surface area contributed by atoms with E-state index in [1.807, 2.05) is 12.1 Å². The quantitative estimate of drug-likeness (QED) is 0.497. The van der Waals surface area contributed by atoms with Crippen LogP contribution in [-0.4, -0.2) is 52.2 Å². The average Bonchev–Trinajstić information content (AvgIpc) is 2.93. The molecule has 184 valence electrons. The van der Waals surface area contributed by atoms with Gasteiger partial charge in [0.15, 0.2) is 0 Å². The Morgan fingerprint density at radius 2 is 1.60 bits per heavy atom. The van der Waals surface area contributed by atoms with Gasteiger partial charge in [-0.3, -0.25) is 9.80 Å². The number of piperidine rings is 2. The van der Waals surface area contributed by atoms with Gasteiger partial charge in [0.25, 0.3) is 0 Å². The lowest BCUT2D eigenvalue weighted by molar-refractivity contribution is -0.0474. The maximum atomic E-state index is 10.3. The van der Waals surface area contributed by atoms with Gasteiger partial charge < -0.3 is 9.84 Å². The lowest BCUT2D eigenvalue weighted by atomic mass is 9.78. The number of pyridine rings is 1. The molecule has 2 fully saturated rings. The number of aliphatic hydroxyl groups is 1. The van der Waals surface area contributed by atoms with Gasteiger partial charge in [-0.25, -0.2) is 4.98 Å². The van der Waals surface area contributed by atoms with Crippen LogP contribution in [0.1, 0.15) is 48.5 Å². The van der Waals surface area contributed by atoms with Gasteiger partial charge in [-0.05, 0) is 55.3 Å². The molecule has 1 aromatic heterocycles. The minimum atomic E-state index is 0.208. The largest absolute Gasteiger partial charge is 0.481 e. The lowest BCUT2D eigenvalue weighted by Gasteiger charge is -2.53. The topological polar surface area (TPSA) is 48.8 Å². The molecule has 35 heavy (non-hydrogen) atoms. The van der Waals surface area contributed by atoms with Crippen LogP contribution in [-0.2, 0) is 13.1 Å². The number of hydrogen-bond donors (Lipinski definition) is 1. The van der Waals surface area contributed by atoms with E-state index in [4.69, 9.17) is 9.72 Å². The average molecular weight is 472 g/mol. The molecule has 0 amide bonds. The highest BCUT2D eigenvalue weighted by atomic mass is 16.5. The first-order valence-electron chi connectivity index (χ1n) is 12.9. The predicted molar refractivity (Wildman–Crippen MR) is 139 cm³/mol. The number of aromatic nitrogens is 1. The number of aliphatic hydroxyl groups excluding tert-OH is 1. The molecule has 3 aromatic rings. The second-order valence-corrected chi connectivity index (χ2v) is 10.0. The van der Waals surface area contributed by atoms with Crippen molar-refractivity contribution < 1.29 is 9.84 Å². The molecule has 2 aromatic carbocycles. The lowest BCUT2D eigenvalue weighted by Crippen LogP contribution is -2.59. The molecule has 0 spiro atoms. The van der Waals surface area contributed by atoms with Gasteiger partial charge in [0, 0.05) is 37.8 Å². The second-order valence-electron chi connectivity index (χ2n) is 10.0. The molecule has 5 nitrogen and oxygen atoms in total. The van der Waals surface area contributed by atoms with Crippen molar-refractivity contribution in [3.05, 3.63) is 95.7 Å². The minimum Gasteiger partial charge on any atom is -0.481 e. The molecule has 2 aliphatic heterocycles. The molecule has 2 saturated heterocycles. The fourth-order valence-electron chi connectivity index (χ4n) is 6.15. The SMILES string of the molecule is COc1cccc([C@H]2CC(CO)C[C@@H]3[C@@H](N(Cc4ccccc4)Cc4ccccc4)CCCN23)n1. The van der Waals surface area contributed by atoms with Crippen molar-refractivity contribution in [3.8, 4) is 5.88 Å². The van der Waals surface area contributed by atoms with E-state index in [-0.39, 0.29) is 18.6 Å². The number of hydrogen-bond acceptors (Lipinski definition) is 5. The summed E-state index contributed by atoms with van der Waals surface area (Å²) in [4.78, 5) is 10.2. The van der Waals surface area contributed by atoms with Crippen molar-refractivity contribution in [2.45, 2.75) is 56.9 Å². The summed E-state index contributed by atoms with van der Waals surface area (Å²) < 4.78 is 5.44. The fourth-order valence-corrected chi connectivity index (χ4v) is 6.15. The zero-order valence-corrected chi connectivity index (χ0v) is 20.7. The van der Waals surface area contributed by atoms with Crippen LogP contribution in [0, 0.1) is 5.92 Å². The van der Waals surface area contributed by atoms with Crippen LogP contribution >= 0.6 is 0 Å². The summed E-state index contributed by atoms with van der Waals surface area (Å²) in [5.74, 6) is 0.943. The summed E-state index contributed by atoms with van der Waals surface area (Å²) in [5.41, 5.74) is 3.76. The van der Waals surface area contributed by atoms with Gasteiger partial charge in [-0.15, -0.1) is 0 Å². The first-order chi connectivity index (χ1) is 17.2. The Hall–Kier alpha value is -2.73. The summed E-state index contributed by atoms with van der Waals surface area (Å²) in [6.45, 7) is 3.16. The molecular weight excluding hydrogens is 434 g/mol. The highest BCUT2D eigenvalue weighted by Crippen LogP contribution is 2.42. The minimum absolute atomic E-state index is 0.208. The number of benzene rings is 2. The standard InChI is InChI=1S/C30H37N3O2/c1-35-30-16-8-14-26(31-30)28-18-25(22-34)19-29-27(15-9-17-33(28)29)32(20-23-10-4-2-5-11-23)21-24-12-6-3-7-13-24/h2-8,10-14,16,25,27-29,34H,9,15,17-22H2,1H3/t25?,27-,28+,29+/m0/s1. The first-order valence-corrected chi connectivity index (χ1v) is 12.9. The highest BCUT2D eigenvalue weighted by molar-refractivity contribution is 5.21. The van der Waals surface area contributed by atoms with Gasteiger partial charge in [0.2, 0.25) is 5.88 Å². The Labute approximate surface area is 209 Å². The summed E-state index contributed by atoms with van der Waals surface area (Å²) in [6, 6.07) is 28.8. The van der Waals surface area contributed by atoms with Crippen LogP contribution < -0.4 is 4.74 Å². The normalized spacial score (nSPS) is 24.8. The van der Waals surface area contributed by atoms with Gasteiger partial charge in [0.05, 0.1) is 18.8 Å². The molecule has 0 bridgehead atoms. The van der Waals surface area contributed by atoms with Crippen LogP contribution in [0.25, 0.3) is 0 Å². The van der Waals surface area contributed by atoms with E-state index >= 15 is 0 Å². The maximum absolute atomic E-state index is 10.3. The Morgan fingerprint density at radius 3 is 2.23 bits per heavy atom. The Bertz CT molecular complexity index is 1020. The van der Waals surface area contributed by atoms with E-state index in [0.29, 0.717) is 18.0 Å². The Balaban J connectivity index is 1.46.